The third kappa shape index (κ3) is 8.06. The van der Waals surface area contributed by atoms with Crippen molar-refractivity contribution in [1.82, 2.24) is 6.15 Å². The van der Waals surface area contributed by atoms with Gasteiger partial charge in [-0.1, -0.05) is 0 Å². The van der Waals surface area contributed by atoms with Crippen molar-refractivity contribution in [2.75, 3.05) is 0 Å². The fourth-order valence-corrected chi connectivity index (χ4v) is 0.714. The van der Waals surface area contributed by atoms with Crippen LogP contribution < -0.4 is 6.15 Å². The molecule has 0 rings (SSSR count). The molecule has 0 heterocycles. The molecule has 0 aliphatic heterocycles. The van der Waals surface area contributed by atoms with E-state index in [1.165, 1.54) is 0 Å². The fourth-order valence-electron chi connectivity index (χ4n) is 0.714. The van der Waals surface area contributed by atoms with Gasteiger partial charge in [0.05, 0.1) is 12.8 Å². The normalized spacial score (nSPS) is 9.00. The Balaban J connectivity index is -0.000000529. The van der Waals surface area contributed by atoms with Crippen molar-refractivity contribution in [2.24, 2.45) is 0 Å². The Morgan fingerprint density at radius 3 is 1.31 bits per heavy atom. The van der Waals surface area contributed by atoms with E-state index in [9.17, 15) is 14.4 Å². The van der Waals surface area contributed by atoms with Crippen molar-refractivity contribution in [1.29, 1.82) is 0 Å². The Labute approximate surface area is 98.9 Å². The van der Waals surface area contributed by atoms with Gasteiger partial charge < -0.3 is 26.6 Å². The molecule has 10 heteroatoms. The first kappa shape index (κ1) is 20.2. The quantitative estimate of drug-likeness (QED) is 0.411. The molecule has 16 heavy (non-hydrogen) atoms. The van der Waals surface area contributed by atoms with Crippen molar-refractivity contribution in [3.63, 3.8) is 0 Å². The zero-order chi connectivity index (χ0) is 12.6. The van der Waals surface area contributed by atoms with Crippen molar-refractivity contribution in [2.45, 2.75) is 18.4 Å². The zero-order valence-corrected chi connectivity index (χ0v) is 9.39. The van der Waals surface area contributed by atoms with E-state index in [0.29, 0.717) is 0 Å². The third-order valence-electron chi connectivity index (χ3n) is 1.29. The second kappa shape index (κ2) is 8.98. The van der Waals surface area contributed by atoms with E-state index in [-0.39, 0.29) is 6.15 Å². The summed E-state index contributed by atoms with van der Waals surface area (Å²) in [6.45, 7) is 0. The van der Waals surface area contributed by atoms with Gasteiger partial charge in [-0.15, -0.1) is 0 Å². The van der Waals surface area contributed by atoms with Crippen LogP contribution in [-0.4, -0.2) is 43.9 Å². The molecular formula is C6H11NO8V. The van der Waals surface area contributed by atoms with Crippen LogP contribution in [0.25, 0.3) is 0 Å². The summed E-state index contributed by atoms with van der Waals surface area (Å²) in [7, 11) is 0. The molecule has 0 aromatic rings. The van der Waals surface area contributed by atoms with Gasteiger partial charge in [0.2, 0.25) is 0 Å². The molecule has 0 atom stereocenters. The van der Waals surface area contributed by atoms with E-state index >= 15 is 0 Å². The molecule has 9 nitrogen and oxygen atoms in total. The molecule has 0 amide bonds. The molecule has 0 unspecified atom stereocenters. The monoisotopic (exact) mass is 276 g/mol. The molecule has 0 fully saturated rings. The Morgan fingerprint density at radius 1 is 0.938 bits per heavy atom. The summed E-state index contributed by atoms with van der Waals surface area (Å²) in [4.78, 5) is 30.5. The minimum atomic E-state index is -2.74. The number of carboxylic acids is 3. The van der Waals surface area contributed by atoms with Crippen molar-refractivity contribution < 1.29 is 55.9 Å². The van der Waals surface area contributed by atoms with Gasteiger partial charge in [0, 0.05) is 0 Å². The first-order valence-corrected chi connectivity index (χ1v) is 3.92. The summed E-state index contributed by atoms with van der Waals surface area (Å²) in [6.07, 6.45) is -2.29. The van der Waals surface area contributed by atoms with Gasteiger partial charge in [0.15, 0.2) is 5.60 Å². The maximum atomic E-state index is 10.3. The van der Waals surface area contributed by atoms with Crippen LogP contribution in [0, 0.1) is 0 Å². The standard InChI is InChI=1S/C6H8O7.H3N.O.V/c7-3(8)1-6(13,5(11)12)2-4(9)10;;;/h13H,1-2H2,(H,7,8)(H,9,10)(H,11,12);1H3;;. The predicted molar refractivity (Wildman–Crippen MR) is 42.8 cm³/mol. The predicted octanol–water partition coefficient (Wildman–Crippen LogP) is -1.21. The van der Waals surface area contributed by atoms with Crippen LogP contribution in [-0.2, 0) is 35.4 Å². The number of rotatable bonds is 5. The molecule has 93 valence electrons. The minimum absolute atomic E-state index is 0. The zero-order valence-electron chi connectivity index (χ0n) is 7.99. The number of carbonyl (C=O) groups is 3. The molecule has 0 saturated heterocycles. The molecular weight excluding hydrogens is 265 g/mol. The number of carboxylic acid groups (broad SMARTS) is 3. The molecule has 0 aliphatic carbocycles. The van der Waals surface area contributed by atoms with Gasteiger partial charge in [0.1, 0.15) is 0 Å². The SMILES string of the molecule is N.O=C(O)CC(O)(CC(=O)O)C(=O)O.[O]=[V]. The van der Waals surface area contributed by atoms with Crippen LogP contribution in [0.5, 0.6) is 0 Å². The van der Waals surface area contributed by atoms with Gasteiger partial charge in [-0.05, 0) is 0 Å². The van der Waals surface area contributed by atoms with Crippen LogP contribution in [0.1, 0.15) is 12.8 Å². The maximum absolute atomic E-state index is 10.3. The Morgan fingerprint density at radius 2 is 1.19 bits per heavy atom. The molecule has 0 radical (unpaired) electrons. The molecule has 0 aliphatic rings. The van der Waals surface area contributed by atoms with E-state index in [4.69, 9.17) is 24.1 Å². The molecule has 0 aromatic carbocycles. The summed E-state index contributed by atoms with van der Waals surface area (Å²) in [5, 5.41) is 33.8. The van der Waals surface area contributed by atoms with Crippen molar-refractivity contribution in [3.05, 3.63) is 0 Å². The third-order valence-corrected chi connectivity index (χ3v) is 1.29. The molecule has 0 bridgehead atoms. The first-order chi connectivity index (χ1) is 6.78. The van der Waals surface area contributed by atoms with E-state index in [2.05, 4.69) is 0 Å². The summed E-state index contributed by atoms with van der Waals surface area (Å²) in [5.41, 5.74) is -2.74. The number of aliphatic hydroxyl groups is 1. The number of aliphatic carboxylic acids is 3. The van der Waals surface area contributed by atoms with Crippen LogP contribution >= 0.6 is 0 Å². The van der Waals surface area contributed by atoms with Crippen LogP contribution in [0.4, 0.5) is 0 Å². The van der Waals surface area contributed by atoms with Gasteiger partial charge in [-0.3, -0.25) is 9.59 Å². The first-order valence-electron chi connectivity index (χ1n) is 3.35. The number of hydrogen-bond donors (Lipinski definition) is 5. The Kier molecular flexibility index (Phi) is 11.3. The van der Waals surface area contributed by atoms with Gasteiger partial charge in [-0.2, -0.15) is 0 Å². The summed E-state index contributed by atoms with van der Waals surface area (Å²) >= 11 is 1.06. The van der Waals surface area contributed by atoms with E-state index in [1.54, 1.807) is 0 Å². The van der Waals surface area contributed by atoms with E-state index < -0.39 is 36.4 Å². The average Bonchev–Trinajstić information content (AvgIpc) is 2.04. The average molecular weight is 276 g/mol. The second-order valence-electron chi connectivity index (χ2n) is 2.48. The Hall–Kier alpha value is -1.29. The van der Waals surface area contributed by atoms with Crippen molar-refractivity contribution >= 4 is 17.9 Å². The summed E-state index contributed by atoms with van der Waals surface area (Å²) in [6, 6.07) is 0. The summed E-state index contributed by atoms with van der Waals surface area (Å²) < 4.78 is 8.19. The molecule has 0 saturated carbocycles. The number of hydrogen-bond acceptors (Lipinski definition) is 6. The van der Waals surface area contributed by atoms with E-state index in [1.807, 2.05) is 0 Å². The topological polar surface area (TPSA) is 184 Å². The van der Waals surface area contributed by atoms with Crippen LogP contribution in [0.15, 0.2) is 0 Å². The van der Waals surface area contributed by atoms with Crippen LogP contribution in [0.2, 0.25) is 0 Å². The summed E-state index contributed by atoms with van der Waals surface area (Å²) in [5.74, 6) is -5.02. The fraction of sp³-hybridized carbons (Fsp3) is 0.500. The van der Waals surface area contributed by atoms with Gasteiger partial charge in [0.25, 0.3) is 0 Å². The van der Waals surface area contributed by atoms with Crippen LogP contribution in [0.3, 0.4) is 0 Å². The van der Waals surface area contributed by atoms with Crippen molar-refractivity contribution in [3.8, 4) is 0 Å². The second-order valence-corrected chi connectivity index (χ2v) is 2.48. The van der Waals surface area contributed by atoms with Gasteiger partial charge in [-0.25, -0.2) is 4.79 Å². The Bertz CT molecular complexity index is 251. The molecule has 0 spiro atoms. The van der Waals surface area contributed by atoms with Gasteiger partial charge >= 0.3 is 39.0 Å². The molecule has 7 N–H and O–H groups in total. The molecule has 0 aromatic heterocycles. The van der Waals surface area contributed by atoms with E-state index in [0.717, 1.165) is 17.4 Å².